The minimum atomic E-state index is -0.910. The van der Waals surface area contributed by atoms with Crippen molar-refractivity contribution in [1.82, 2.24) is 5.32 Å². The lowest BCUT2D eigenvalue weighted by Crippen LogP contribution is -2.32. The monoisotopic (exact) mass is 628 g/mol. The van der Waals surface area contributed by atoms with Crippen LogP contribution in [0.25, 0.3) is 11.1 Å². The molecular formula is C35H36N2O7S. The van der Waals surface area contributed by atoms with Gasteiger partial charge in [0.05, 0.1) is 18.8 Å². The van der Waals surface area contributed by atoms with E-state index in [-0.39, 0.29) is 37.6 Å². The highest BCUT2D eigenvalue weighted by atomic mass is 32.2. The van der Waals surface area contributed by atoms with E-state index in [1.54, 1.807) is 12.1 Å². The summed E-state index contributed by atoms with van der Waals surface area (Å²) < 4.78 is 13.9. The Hall–Kier alpha value is -4.22. The molecule has 0 aliphatic carbocycles. The first-order valence-corrected chi connectivity index (χ1v) is 15.9. The largest absolute Gasteiger partial charge is 0.618 e. The number of ether oxygens (including phenoxy) is 2. The molecule has 0 spiro atoms. The van der Waals surface area contributed by atoms with Gasteiger partial charge in [0.15, 0.2) is 12.5 Å². The predicted octanol–water partition coefficient (Wildman–Crippen LogP) is 5.69. The summed E-state index contributed by atoms with van der Waals surface area (Å²) in [5.74, 6) is -0.519. The minimum absolute atomic E-state index is 0.0306. The summed E-state index contributed by atoms with van der Waals surface area (Å²) in [6.45, 7) is 0.311. The first-order chi connectivity index (χ1) is 21.9. The SMILES string of the molecule is O=C(O)CCCC(=O)NCc1cccc(-c2cccc([C@H]3O[C@@H](CSc4cccc[n+]4[O-])C[C@@H](c4ccc(CO)cc4)O3)c2)c1. The van der Waals surface area contributed by atoms with E-state index in [1.165, 1.54) is 18.0 Å². The molecule has 0 saturated carbocycles. The summed E-state index contributed by atoms with van der Waals surface area (Å²) in [4.78, 5) is 22.8. The maximum atomic E-state index is 12.2. The van der Waals surface area contributed by atoms with E-state index in [9.17, 15) is 19.9 Å². The van der Waals surface area contributed by atoms with E-state index in [2.05, 4.69) is 5.32 Å². The van der Waals surface area contributed by atoms with Crippen molar-refractivity contribution in [3.8, 4) is 11.1 Å². The number of nitrogens with zero attached hydrogens (tertiary/aromatic N) is 1. The number of thioether (sulfide) groups is 1. The third-order valence-electron chi connectivity index (χ3n) is 7.52. The molecule has 3 N–H and O–H groups in total. The summed E-state index contributed by atoms with van der Waals surface area (Å²) in [7, 11) is 0. The van der Waals surface area contributed by atoms with Crippen molar-refractivity contribution in [2.75, 3.05) is 5.75 Å². The number of pyridine rings is 1. The van der Waals surface area contributed by atoms with Crippen molar-refractivity contribution in [2.45, 2.75) is 62.4 Å². The second kappa shape index (κ2) is 15.7. The zero-order valence-electron chi connectivity index (χ0n) is 24.7. The summed E-state index contributed by atoms with van der Waals surface area (Å²) in [5, 5.41) is 34.0. The molecule has 3 aromatic carbocycles. The number of carboxylic acid groups (broad SMARTS) is 1. The summed E-state index contributed by atoms with van der Waals surface area (Å²) in [6.07, 6.45) is 1.45. The molecule has 3 atom stereocenters. The number of hydrogen-bond donors (Lipinski definition) is 3. The second-order valence-electron chi connectivity index (χ2n) is 10.9. The number of aliphatic hydroxyl groups is 1. The molecule has 0 bridgehead atoms. The van der Waals surface area contributed by atoms with E-state index in [4.69, 9.17) is 14.6 Å². The molecule has 5 rings (SSSR count). The predicted molar refractivity (Wildman–Crippen MR) is 170 cm³/mol. The van der Waals surface area contributed by atoms with Gasteiger partial charge < -0.3 is 30.2 Å². The lowest BCUT2D eigenvalue weighted by Gasteiger charge is -2.36. The van der Waals surface area contributed by atoms with Crippen LogP contribution >= 0.6 is 11.8 Å². The molecule has 1 saturated heterocycles. The number of nitrogens with one attached hydrogen (secondary N) is 1. The summed E-state index contributed by atoms with van der Waals surface area (Å²) in [5.41, 5.74) is 5.53. The normalized spacial score (nSPS) is 17.9. The van der Waals surface area contributed by atoms with Crippen LogP contribution in [-0.2, 0) is 32.2 Å². The molecule has 1 fully saturated rings. The van der Waals surface area contributed by atoms with Crippen LogP contribution in [0, 0.1) is 5.21 Å². The van der Waals surface area contributed by atoms with E-state index in [0.717, 1.165) is 38.1 Å². The van der Waals surface area contributed by atoms with Crippen LogP contribution in [0.1, 0.15) is 60.3 Å². The van der Waals surface area contributed by atoms with Gasteiger partial charge in [-0.25, -0.2) is 0 Å². The fraction of sp³-hybridized carbons (Fsp3) is 0.286. The highest BCUT2D eigenvalue weighted by Crippen LogP contribution is 2.40. The third-order valence-corrected chi connectivity index (χ3v) is 8.67. The Morgan fingerprint density at radius 3 is 2.42 bits per heavy atom. The average molecular weight is 629 g/mol. The van der Waals surface area contributed by atoms with Gasteiger partial charge in [-0.3, -0.25) is 9.59 Å². The molecule has 0 unspecified atom stereocenters. The minimum Gasteiger partial charge on any atom is -0.618 e. The van der Waals surface area contributed by atoms with E-state index < -0.39 is 12.3 Å². The van der Waals surface area contributed by atoms with Gasteiger partial charge in [-0.05, 0) is 52.4 Å². The Morgan fingerprint density at radius 1 is 0.889 bits per heavy atom. The first kappa shape index (κ1) is 32.2. The number of aliphatic hydroxyl groups excluding tert-OH is 1. The second-order valence-corrected chi connectivity index (χ2v) is 11.9. The van der Waals surface area contributed by atoms with E-state index in [0.29, 0.717) is 30.2 Å². The number of aromatic nitrogens is 1. The molecule has 45 heavy (non-hydrogen) atoms. The van der Waals surface area contributed by atoms with Gasteiger partial charge >= 0.3 is 5.97 Å². The molecule has 0 radical (unpaired) electrons. The quantitative estimate of drug-likeness (QED) is 0.0978. The van der Waals surface area contributed by atoms with Gasteiger partial charge in [0.2, 0.25) is 5.91 Å². The highest BCUT2D eigenvalue weighted by molar-refractivity contribution is 7.99. The standard InChI is InChI=1S/C35H36N2O7S/c38-22-24-13-15-26(16-14-24)31-20-30(23-45-33-11-1-2-17-37(33)42)43-35(44-31)29-9-4-8-28(19-29)27-7-3-6-25(18-27)21-36-32(39)10-5-12-34(40)41/h1-4,6-9,11,13-19,30-31,35,38H,5,10,12,20-23H2,(H,36,39)(H,40,41)/t30-,31+,35+/m1/s1. The van der Waals surface area contributed by atoms with E-state index in [1.807, 2.05) is 78.9 Å². The van der Waals surface area contributed by atoms with Crippen LogP contribution < -0.4 is 10.0 Å². The van der Waals surface area contributed by atoms with Crippen molar-refractivity contribution >= 4 is 23.6 Å². The maximum Gasteiger partial charge on any atom is 0.303 e. The average Bonchev–Trinajstić information content (AvgIpc) is 3.07. The zero-order chi connectivity index (χ0) is 31.6. The molecule has 10 heteroatoms. The molecular weight excluding hydrogens is 592 g/mol. The Labute approximate surface area is 266 Å². The lowest BCUT2D eigenvalue weighted by molar-refractivity contribution is -0.645. The number of rotatable bonds is 13. The van der Waals surface area contributed by atoms with Crippen LogP contribution in [0.15, 0.2) is 102 Å². The van der Waals surface area contributed by atoms with Crippen molar-refractivity contribution in [3.63, 3.8) is 0 Å². The maximum absolute atomic E-state index is 12.2. The summed E-state index contributed by atoms with van der Waals surface area (Å²) in [6, 6.07) is 28.9. The third kappa shape index (κ3) is 9.15. The molecule has 4 aromatic rings. The number of benzene rings is 3. The van der Waals surface area contributed by atoms with Gasteiger partial charge in [0, 0.05) is 49.3 Å². The van der Waals surface area contributed by atoms with Crippen molar-refractivity contribution in [2.24, 2.45) is 0 Å². The van der Waals surface area contributed by atoms with Gasteiger partial charge in [-0.15, -0.1) is 0 Å². The molecule has 234 valence electrons. The number of carboxylic acids is 1. The fourth-order valence-electron chi connectivity index (χ4n) is 5.14. The van der Waals surface area contributed by atoms with Crippen LogP contribution in [0.4, 0.5) is 0 Å². The van der Waals surface area contributed by atoms with Gasteiger partial charge in [0.25, 0.3) is 5.03 Å². The highest BCUT2D eigenvalue weighted by Gasteiger charge is 2.33. The first-order valence-electron chi connectivity index (χ1n) is 14.9. The fourth-order valence-corrected chi connectivity index (χ4v) is 6.07. The summed E-state index contributed by atoms with van der Waals surface area (Å²) >= 11 is 1.45. The Balaban J connectivity index is 1.31. The molecule has 2 heterocycles. The van der Waals surface area contributed by atoms with Crippen molar-refractivity contribution < 1.29 is 34.0 Å². The van der Waals surface area contributed by atoms with Gasteiger partial charge in [0.1, 0.15) is 0 Å². The van der Waals surface area contributed by atoms with Crippen LogP contribution in [-0.4, -0.2) is 33.9 Å². The van der Waals surface area contributed by atoms with Crippen molar-refractivity contribution in [3.05, 3.63) is 125 Å². The molecule has 9 nitrogen and oxygen atoms in total. The molecule has 1 aromatic heterocycles. The van der Waals surface area contributed by atoms with Crippen LogP contribution in [0.5, 0.6) is 0 Å². The topological polar surface area (TPSA) is 132 Å². The number of aliphatic carboxylic acids is 1. The number of carbonyl (C=O) groups excluding carboxylic acids is 1. The van der Waals surface area contributed by atoms with Crippen LogP contribution in [0.2, 0.25) is 0 Å². The van der Waals surface area contributed by atoms with Crippen molar-refractivity contribution in [1.29, 1.82) is 0 Å². The van der Waals surface area contributed by atoms with Gasteiger partial charge in [-0.2, -0.15) is 4.73 Å². The number of carbonyl (C=O) groups is 2. The molecule has 1 aliphatic heterocycles. The number of amides is 1. The van der Waals surface area contributed by atoms with E-state index >= 15 is 0 Å². The Kier molecular flexibility index (Phi) is 11.2. The Morgan fingerprint density at radius 2 is 1.67 bits per heavy atom. The zero-order valence-corrected chi connectivity index (χ0v) is 25.5. The Bertz CT molecular complexity index is 1600. The molecule has 1 amide bonds. The smallest absolute Gasteiger partial charge is 0.303 e. The lowest BCUT2D eigenvalue weighted by atomic mass is 9.99. The number of hydrogen-bond acceptors (Lipinski definition) is 7. The molecule has 1 aliphatic rings. The van der Waals surface area contributed by atoms with Crippen LogP contribution in [0.3, 0.4) is 0 Å². The van der Waals surface area contributed by atoms with Gasteiger partial charge in [-0.1, -0.05) is 72.4 Å².